The predicted octanol–water partition coefficient (Wildman–Crippen LogP) is 2.11. The molecule has 0 spiro atoms. The number of carboxylic acid groups (broad SMARTS) is 1. The fourth-order valence-electron chi connectivity index (χ4n) is 1.64. The van der Waals surface area contributed by atoms with Crippen molar-refractivity contribution in [3.05, 3.63) is 28.2 Å². The van der Waals surface area contributed by atoms with Crippen molar-refractivity contribution in [2.24, 2.45) is 0 Å². The highest BCUT2D eigenvalue weighted by Gasteiger charge is 2.20. The van der Waals surface area contributed by atoms with E-state index in [2.05, 4.69) is 21.2 Å². The standard InChI is InChI=1S/C12H14BrNO4/c1-7(15)14-10(6-12(16)17)9-5-8(13)3-4-11(9)18-2/h3-5,10H,6H2,1-2H3,(H,14,15)(H,16,17). The monoisotopic (exact) mass is 315 g/mol. The van der Waals surface area contributed by atoms with Crippen molar-refractivity contribution < 1.29 is 19.4 Å². The second-order valence-corrected chi connectivity index (χ2v) is 4.65. The number of methoxy groups -OCH3 is 1. The molecule has 0 heterocycles. The zero-order valence-electron chi connectivity index (χ0n) is 10.1. The minimum absolute atomic E-state index is 0.202. The Morgan fingerprint density at radius 1 is 1.50 bits per heavy atom. The number of ether oxygens (including phenoxy) is 1. The van der Waals surface area contributed by atoms with Gasteiger partial charge >= 0.3 is 5.97 Å². The minimum atomic E-state index is -0.990. The summed E-state index contributed by atoms with van der Waals surface area (Å²) < 4.78 is 5.97. The van der Waals surface area contributed by atoms with Gasteiger partial charge in [-0.3, -0.25) is 9.59 Å². The number of aliphatic carboxylic acids is 1. The lowest BCUT2D eigenvalue weighted by atomic mass is 10.0. The van der Waals surface area contributed by atoms with Crippen molar-refractivity contribution in [1.29, 1.82) is 0 Å². The molecule has 1 aromatic rings. The Bertz CT molecular complexity index is 445. The molecule has 1 aromatic carbocycles. The van der Waals surface area contributed by atoms with Gasteiger partial charge in [-0.15, -0.1) is 0 Å². The van der Waals surface area contributed by atoms with Crippen molar-refractivity contribution >= 4 is 27.8 Å². The van der Waals surface area contributed by atoms with E-state index in [0.717, 1.165) is 4.47 Å². The molecule has 0 aliphatic rings. The van der Waals surface area contributed by atoms with Crippen LogP contribution in [0.2, 0.25) is 0 Å². The Balaban J connectivity index is 3.13. The number of carboxylic acids is 1. The predicted molar refractivity (Wildman–Crippen MR) is 69.5 cm³/mol. The number of carbonyl (C=O) groups is 2. The second kappa shape index (κ2) is 6.39. The highest BCUT2D eigenvalue weighted by molar-refractivity contribution is 9.10. The topological polar surface area (TPSA) is 75.6 Å². The smallest absolute Gasteiger partial charge is 0.305 e. The molecule has 1 amide bonds. The number of halogens is 1. The van der Waals surface area contributed by atoms with Gasteiger partial charge in [0.05, 0.1) is 19.6 Å². The normalized spacial score (nSPS) is 11.7. The molecule has 1 atom stereocenters. The van der Waals surface area contributed by atoms with Crippen LogP contribution in [-0.2, 0) is 9.59 Å². The van der Waals surface area contributed by atoms with E-state index >= 15 is 0 Å². The molecule has 0 aliphatic carbocycles. The maximum atomic E-state index is 11.1. The van der Waals surface area contributed by atoms with E-state index in [1.807, 2.05) is 0 Å². The Morgan fingerprint density at radius 2 is 2.17 bits per heavy atom. The van der Waals surface area contributed by atoms with Crippen LogP contribution in [0.15, 0.2) is 22.7 Å². The van der Waals surface area contributed by atoms with E-state index in [0.29, 0.717) is 11.3 Å². The highest BCUT2D eigenvalue weighted by Crippen LogP contribution is 2.30. The van der Waals surface area contributed by atoms with Crippen LogP contribution in [0.1, 0.15) is 24.9 Å². The first-order valence-corrected chi connectivity index (χ1v) is 6.05. The zero-order chi connectivity index (χ0) is 13.7. The molecule has 0 radical (unpaired) electrons. The molecule has 1 unspecified atom stereocenters. The summed E-state index contributed by atoms with van der Waals surface area (Å²) in [7, 11) is 1.50. The van der Waals surface area contributed by atoms with Crippen molar-refractivity contribution in [2.45, 2.75) is 19.4 Å². The minimum Gasteiger partial charge on any atom is -0.496 e. The third-order valence-corrected chi connectivity index (χ3v) is 2.82. The van der Waals surface area contributed by atoms with Crippen LogP contribution in [0, 0.1) is 0 Å². The fourth-order valence-corrected chi connectivity index (χ4v) is 2.02. The van der Waals surface area contributed by atoms with Crippen LogP contribution < -0.4 is 10.1 Å². The molecule has 0 bridgehead atoms. The molecular weight excluding hydrogens is 302 g/mol. The van der Waals surface area contributed by atoms with Gasteiger partial charge in [0.2, 0.25) is 5.91 Å². The second-order valence-electron chi connectivity index (χ2n) is 3.74. The quantitative estimate of drug-likeness (QED) is 0.872. The number of rotatable bonds is 5. The average Bonchev–Trinajstić information content (AvgIpc) is 2.26. The summed E-state index contributed by atoms with van der Waals surface area (Å²) in [5.74, 6) is -0.739. The van der Waals surface area contributed by atoms with Gasteiger partial charge in [-0.2, -0.15) is 0 Å². The summed E-state index contributed by atoms with van der Waals surface area (Å²) in [6, 6.07) is 4.62. The fraction of sp³-hybridized carbons (Fsp3) is 0.333. The van der Waals surface area contributed by atoms with Gasteiger partial charge in [-0.1, -0.05) is 15.9 Å². The molecular formula is C12H14BrNO4. The lowest BCUT2D eigenvalue weighted by molar-refractivity contribution is -0.137. The summed E-state index contributed by atoms with van der Waals surface area (Å²) in [5.41, 5.74) is 0.629. The molecule has 18 heavy (non-hydrogen) atoms. The molecule has 0 saturated carbocycles. The maximum absolute atomic E-state index is 11.1. The van der Waals surface area contributed by atoms with Crippen molar-refractivity contribution in [1.82, 2.24) is 5.32 Å². The Hall–Kier alpha value is -1.56. The van der Waals surface area contributed by atoms with Crippen LogP contribution in [-0.4, -0.2) is 24.1 Å². The van der Waals surface area contributed by atoms with Crippen LogP contribution in [0.25, 0.3) is 0 Å². The summed E-state index contributed by atoms with van der Waals surface area (Å²) in [4.78, 5) is 22.0. The molecule has 1 rings (SSSR count). The van der Waals surface area contributed by atoms with Crippen molar-refractivity contribution in [3.63, 3.8) is 0 Å². The van der Waals surface area contributed by atoms with Gasteiger partial charge < -0.3 is 15.2 Å². The van der Waals surface area contributed by atoms with Gasteiger partial charge in [-0.05, 0) is 18.2 Å². The molecule has 0 aliphatic heterocycles. The van der Waals surface area contributed by atoms with Crippen molar-refractivity contribution in [2.75, 3.05) is 7.11 Å². The zero-order valence-corrected chi connectivity index (χ0v) is 11.7. The van der Waals surface area contributed by atoms with Gasteiger partial charge in [0.15, 0.2) is 0 Å². The number of amides is 1. The van der Waals surface area contributed by atoms with E-state index in [-0.39, 0.29) is 12.3 Å². The largest absolute Gasteiger partial charge is 0.496 e. The van der Waals surface area contributed by atoms with Crippen molar-refractivity contribution in [3.8, 4) is 5.75 Å². The molecule has 98 valence electrons. The number of benzene rings is 1. The lowest BCUT2D eigenvalue weighted by Gasteiger charge is -2.19. The molecule has 6 heteroatoms. The number of hydrogen-bond acceptors (Lipinski definition) is 3. The summed E-state index contributed by atoms with van der Waals surface area (Å²) in [6.07, 6.45) is -0.202. The summed E-state index contributed by atoms with van der Waals surface area (Å²) in [6.45, 7) is 1.35. The lowest BCUT2D eigenvalue weighted by Crippen LogP contribution is -2.28. The van der Waals surface area contributed by atoms with Crippen LogP contribution in [0.5, 0.6) is 5.75 Å². The number of nitrogens with one attached hydrogen (secondary N) is 1. The average molecular weight is 316 g/mol. The molecule has 5 nitrogen and oxygen atoms in total. The first-order chi connectivity index (χ1) is 8.43. The van der Waals surface area contributed by atoms with Gasteiger partial charge in [0, 0.05) is 17.0 Å². The van der Waals surface area contributed by atoms with Gasteiger partial charge in [0.25, 0.3) is 0 Å². The Labute approximate surface area is 113 Å². The molecule has 0 saturated heterocycles. The highest BCUT2D eigenvalue weighted by atomic mass is 79.9. The first-order valence-electron chi connectivity index (χ1n) is 5.26. The van der Waals surface area contributed by atoms with E-state index in [9.17, 15) is 9.59 Å². The Morgan fingerprint density at radius 3 is 2.67 bits per heavy atom. The van der Waals surface area contributed by atoms with Gasteiger partial charge in [-0.25, -0.2) is 0 Å². The van der Waals surface area contributed by atoms with Gasteiger partial charge in [0.1, 0.15) is 5.75 Å². The van der Waals surface area contributed by atoms with E-state index in [4.69, 9.17) is 9.84 Å². The third-order valence-electron chi connectivity index (χ3n) is 2.32. The Kier molecular flexibility index (Phi) is 5.15. The first kappa shape index (κ1) is 14.5. The summed E-state index contributed by atoms with van der Waals surface area (Å²) >= 11 is 3.31. The summed E-state index contributed by atoms with van der Waals surface area (Å²) in [5, 5.41) is 11.5. The number of carbonyl (C=O) groups excluding carboxylic acids is 1. The molecule has 2 N–H and O–H groups in total. The van der Waals surface area contributed by atoms with E-state index in [1.165, 1.54) is 14.0 Å². The van der Waals surface area contributed by atoms with Crippen LogP contribution in [0.3, 0.4) is 0 Å². The third kappa shape index (κ3) is 4.03. The maximum Gasteiger partial charge on any atom is 0.305 e. The van der Waals surface area contributed by atoms with Crippen LogP contribution in [0.4, 0.5) is 0 Å². The van der Waals surface area contributed by atoms with E-state index < -0.39 is 12.0 Å². The SMILES string of the molecule is COc1ccc(Br)cc1C(CC(=O)O)NC(C)=O. The molecule has 0 aromatic heterocycles. The van der Waals surface area contributed by atoms with E-state index in [1.54, 1.807) is 18.2 Å². The number of hydrogen-bond donors (Lipinski definition) is 2. The van der Waals surface area contributed by atoms with Crippen LogP contribution >= 0.6 is 15.9 Å². The molecule has 0 fully saturated rings.